The summed E-state index contributed by atoms with van der Waals surface area (Å²) in [6.45, 7) is 4.05. The van der Waals surface area contributed by atoms with Gasteiger partial charge >= 0.3 is 0 Å². The van der Waals surface area contributed by atoms with E-state index >= 15 is 0 Å². The molecular weight excluding hydrogens is 354 g/mol. The van der Waals surface area contributed by atoms with Gasteiger partial charge in [0.15, 0.2) is 0 Å². The van der Waals surface area contributed by atoms with E-state index in [0.29, 0.717) is 0 Å². The SMILES string of the molecule is CCCCCCCCCCCCCCCCCCOCCCCl.CN(C)C. The van der Waals surface area contributed by atoms with Gasteiger partial charge in [-0.1, -0.05) is 103 Å². The fourth-order valence-corrected chi connectivity index (χ4v) is 3.12. The number of unbranched alkanes of at least 4 members (excludes halogenated alkanes) is 15. The third-order valence-corrected chi connectivity index (χ3v) is 4.83. The highest BCUT2D eigenvalue weighted by Gasteiger charge is 1.95. The molecule has 0 fully saturated rings. The monoisotopic (exact) mass is 405 g/mol. The number of nitrogens with zero attached hydrogens (tertiary/aromatic N) is 1. The van der Waals surface area contributed by atoms with Crippen LogP contribution < -0.4 is 0 Å². The molecule has 166 valence electrons. The third kappa shape index (κ3) is 37.6. The zero-order chi connectivity index (χ0) is 20.4. The maximum Gasteiger partial charge on any atom is 0.0477 e. The highest BCUT2D eigenvalue weighted by atomic mass is 35.5. The van der Waals surface area contributed by atoms with E-state index < -0.39 is 0 Å². The van der Waals surface area contributed by atoms with Crippen molar-refractivity contribution in [3.63, 3.8) is 0 Å². The molecule has 0 saturated carbocycles. The topological polar surface area (TPSA) is 12.5 Å². The minimum absolute atomic E-state index is 0.721. The van der Waals surface area contributed by atoms with E-state index in [9.17, 15) is 0 Å². The van der Waals surface area contributed by atoms with E-state index in [-0.39, 0.29) is 0 Å². The molecule has 0 spiro atoms. The van der Waals surface area contributed by atoms with Crippen molar-refractivity contribution in [3.8, 4) is 0 Å². The van der Waals surface area contributed by atoms with Crippen LogP contribution in [0.3, 0.4) is 0 Å². The normalized spacial score (nSPS) is 10.9. The predicted octanol–water partition coefficient (Wildman–Crippen LogP) is 8.07. The molecule has 2 nitrogen and oxygen atoms in total. The van der Waals surface area contributed by atoms with Gasteiger partial charge in [0.25, 0.3) is 0 Å². The molecule has 0 N–H and O–H groups in total. The maximum atomic E-state index is 5.60. The van der Waals surface area contributed by atoms with Gasteiger partial charge in [0.1, 0.15) is 0 Å². The lowest BCUT2D eigenvalue weighted by atomic mass is 10.0. The van der Waals surface area contributed by atoms with Crippen molar-refractivity contribution in [2.24, 2.45) is 0 Å². The molecule has 0 bridgehead atoms. The molecule has 0 saturated heterocycles. The summed E-state index contributed by atoms with van der Waals surface area (Å²) in [5.41, 5.74) is 0. The van der Waals surface area contributed by atoms with Crippen molar-refractivity contribution in [1.29, 1.82) is 0 Å². The van der Waals surface area contributed by atoms with Gasteiger partial charge in [0.2, 0.25) is 0 Å². The van der Waals surface area contributed by atoms with Crippen molar-refractivity contribution < 1.29 is 4.74 Å². The smallest absolute Gasteiger partial charge is 0.0477 e. The quantitative estimate of drug-likeness (QED) is 0.150. The second-order valence-electron chi connectivity index (χ2n) is 8.30. The molecular formula is C24H52ClNO. The Morgan fingerprint density at radius 2 is 0.815 bits per heavy atom. The second kappa shape index (κ2) is 28.4. The lowest BCUT2D eigenvalue weighted by Gasteiger charge is -2.04. The molecule has 0 amide bonds. The summed E-state index contributed by atoms with van der Waals surface area (Å²) < 4.78 is 5.51. The Kier molecular flexibility index (Phi) is 31.0. The van der Waals surface area contributed by atoms with Gasteiger partial charge in [0.05, 0.1) is 0 Å². The Hall–Kier alpha value is 0.210. The first kappa shape index (κ1) is 29.4. The highest BCUT2D eigenvalue weighted by Crippen LogP contribution is 2.13. The largest absolute Gasteiger partial charge is 0.381 e. The van der Waals surface area contributed by atoms with Crippen LogP contribution in [0.4, 0.5) is 0 Å². The first-order valence-corrected chi connectivity index (χ1v) is 12.4. The lowest BCUT2D eigenvalue weighted by Crippen LogP contribution is -1.99. The Labute approximate surface area is 177 Å². The Balaban J connectivity index is 0. The summed E-state index contributed by atoms with van der Waals surface area (Å²) in [4.78, 5) is 2.00. The summed E-state index contributed by atoms with van der Waals surface area (Å²) in [7, 11) is 6.00. The summed E-state index contributed by atoms with van der Waals surface area (Å²) in [6.07, 6.45) is 23.7. The Bertz CT molecular complexity index is 214. The van der Waals surface area contributed by atoms with E-state index in [0.717, 1.165) is 25.5 Å². The van der Waals surface area contributed by atoms with Gasteiger partial charge < -0.3 is 9.64 Å². The van der Waals surface area contributed by atoms with E-state index in [4.69, 9.17) is 16.3 Å². The zero-order valence-corrected chi connectivity index (χ0v) is 20.1. The number of alkyl halides is 1. The average molecular weight is 406 g/mol. The van der Waals surface area contributed by atoms with Crippen molar-refractivity contribution >= 4 is 11.6 Å². The standard InChI is InChI=1S/C21H43ClO.C3H9N/c1-2-3-4-5-6-7-8-9-10-11-12-13-14-15-16-17-20-23-21-18-19-22;1-4(2)3/h2-21H2,1H3;1-3H3. The number of rotatable bonds is 20. The molecule has 0 aromatic carbocycles. The molecule has 0 heterocycles. The van der Waals surface area contributed by atoms with Crippen LogP contribution in [0.1, 0.15) is 116 Å². The fraction of sp³-hybridized carbons (Fsp3) is 1.00. The Morgan fingerprint density at radius 1 is 0.519 bits per heavy atom. The molecule has 0 aliphatic rings. The minimum atomic E-state index is 0.721. The molecule has 0 radical (unpaired) electrons. The molecule has 0 unspecified atom stereocenters. The molecule has 0 aliphatic carbocycles. The van der Waals surface area contributed by atoms with Gasteiger partial charge in [-0.25, -0.2) is 0 Å². The molecule has 27 heavy (non-hydrogen) atoms. The fourth-order valence-electron chi connectivity index (χ4n) is 3.01. The summed E-state index contributed by atoms with van der Waals surface area (Å²) in [5, 5.41) is 0. The number of hydrogen-bond donors (Lipinski definition) is 0. The molecule has 0 atom stereocenters. The first-order chi connectivity index (χ1) is 13.1. The van der Waals surface area contributed by atoms with Crippen LogP contribution in [-0.2, 0) is 4.74 Å². The van der Waals surface area contributed by atoms with Crippen molar-refractivity contribution in [2.45, 2.75) is 116 Å². The van der Waals surface area contributed by atoms with Crippen molar-refractivity contribution in [2.75, 3.05) is 40.2 Å². The molecule has 3 heteroatoms. The van der Waals surface area contributed by atoms with Crippen molar-refractivity contribution in [3.05, 3.63) is 0 Å². The van der Waals surface area contributed by atoms with Crippen LogP contribution in [0, 0.1) is 0 Å². The van der Waals surface area contributed by atoms with E-state index in [2.05, 4.69) is 6.92 Å². The number of halogens is 1. The zero-order valence-electron chi connectivity index (χ0n) is 19.4. The summed E-state index contributed by atoms with van der Waals surface area (Å²) in [5.74, 6) is 0.721. The molecule has 0 aliphatic heterocycles. The number of hydrogen-bond acceptors (Lipinski definition) is 2. The van der Waals surface area contributed by atoms with Gasteiger partial charge in [-0.3, -0.25) is 0 Å². The van der Waals surface area contributed by atoms with Crippen LogP contribution in [0.5, 0.6) is 0 Å². The van der Waals surface area contributed by atoms with Crippen molar-refractivity contribution in [1.82, 2.24) is 4.90 Å². The third-order valence-electron chi connectivity index (χ3n) is 4.56. The highest BCUT2D eigenvalue weighted by molar-refractivity contribution is 6.17. The number of ether oxygens (including phenoxy) is 1. The molecule has 0 aromatic rings. The first-order valence-electron chi connectivity index (χ1n) is 11.9. The van der Waals surface area contributed by atoms with Crippen LogP contribution in [0.25, 0.3) is 0 Å². The van der Waals surface area contributed by atoms with Crippen LogP contribution >= 0.6 is 11.6 Å². The molecule has 0 rings (SSSR count). The van der Waals surface area contributed by atoms with Gasteiger partial charge in [-0.15, -0.1) is 11.6 Å². The predicted molar refractivity (Wildman–Crippen MR) is 125 cm³/mol. The minimum Gasteiger partial charge on any atom is -0.381 e. The van der Waals surface area contributed by atoms with Gasteiger partial charge in [-0.2, -0.15) is 0 Å². The van der Waals surface area contributed by atoms with Crippen LogP contribution in [0.2, 0.25) is 0 Å². The Morgan fingerprint density at radius 3 is 1.15 bits per heavy atom. The van der Waals surface area contributed by atoms with Gasteiger partial charge in [0, 0.05) is 19.1 Å². The van der Waals surface area contributed by atoms with E-state index in [1.54, 1.807) is 0 Å². The summed E-state index contributed by atoms with van der Waals surface area (Å²) >= 11 is 5.60. The van der Waals surface area contributed by atoms with Crippen LogP contribution in [-0.4, -0.2) is 45.1 Å². The average Bonchev–Trinajstić information content (AvgIpc) is 2.63. The lowest BCUT2D eigenvalue weighted by molar-refractivity contribution is 0.131. The van der Waals surface area contributed by atoms with E-state index in [1.165, 1.54) is 103 Å². The van der Waals surface area contributed by atoms with Crippen LogP contribution in [0.15, 0.2) is 0 Å². The summed E-state index contributed by atoms with van der Waals surface area (Å²) in [6, 6.07) is 0. The maximum absolute atomic E-state index is 5.60. The van der Waals surface area contributed by atoms with Gasteiger partial charge in [-0.05, 0) is 34.0 Å². The second-order valence-corrected chi connectivity index (χ2v) is 8.68. The molecule has 0 aromatic heterocycles. The van der Waals surface area contributed by atoms with E-state index in [1.807, 2.05) is 26.0 Å².